The van der Waals surface area contributed by atoms with Crippen LogP contribution in [0.5, 0.6) is 5.75 Å². The van der Waals surface area contributed by atoms with Gasteiger partial charge in [0.2, 0.25) is 0 Å². The number of rotatable bonds is 3. The number of fused-ring (bicyclic) bond motifs is 1. The van der Waals surface area contributed by atoms with E-state index in [0.29, 0.717) is 11.3 Å². The maximum atomic E-state index is 12.0. The highest BCUT2D eigenvalue weighted by Gasteiger charge is 2.28. The third-order valence-electron chi connectivity index (χ3n) is 2.58. The highest BCUT2D eigenvalue weighted by Crippen LogP contribution is 2.19. The van der Waals surface area contributed by atoms with Gasteiger partial charge in [0.05, 0.1) is 12.6 Å². The summed E-state index contributed by atoms with van der Waals surface area (Å²) in [7, 11) is 1.52. The molecule has 0 atom stereocenters. The van der Waals surface area contributed by atoms with Gasteiger partial charge >= 0.3 is 6.18 Å². The molecular formula is C13H11F3N2O2. The quantitative estimate of drug-likeness (QED) is 0.942. The first-order valence-electron chi connectivity index (χ1n) is 5.69. The third-order valence-corrected chi connectivity index (χ3v) is 2.58. The van der Waals surface area contributed by atoms with E-state index in [1.165, 1.54) is 13.2 Å². The van der Waals surface area contributed by atoms with Crippen LogP contribution in [0.1, 0.15) is 10.5 Å². The van der Waals surface area contributed by atoms with Crippen molar-refractivity contribution >= 4 is 16.8 Å². The number of carbonyl (C=O) groups is 1. The Balaban J connectivity index is 2.21. The van der Waals surface area contributed by atoms with Crippen molar-refractivity contribution in [1.82, 2.24) is 10.3 Å². The highest BCUT2D eigenvalue weighted by molar-refractivity contribution is 5.95. The molecule has 0 saturated heterocycles. The number of halogens is 3. The summed E-state index contributed by atoms with van der Waals surface area (Å²) in [6, 6.07) is 7.99. The Hall–Kier alpha value is -2.31. The largest absolute Gasteiger partial charge is 0.497 e. The number of hydrogen-bond donors (Lipinski definition) is 1. The van der Waals surface area contributed by atoms with Crippen molar-refractivity contribution in [2.45, 2.75) is 6.18 Å². The molecule has 106 valence electrons. The lowest BCUT2D eigenvalue weighted by atomic mass is 10.2. The molecule has 20 heavy (non-hydrogen) atoms. The molecular weight excluding hydrogens is 273 g/mol. The van der Waals surface area contributed by atoms with Gasteiger partial charge in [-0.1, -0.05) is 6.07 Å². The number of nitrogens with zero attached hydrogens (tertiary/aromatic N) is 1. The molecule has 0 aliphatic heterocycles. The lowest BCUT2D eigenvalue weighted by Crippen LogP contribution is -2.34. The lowest BCUT2D eigenvalue weighted by Gasteiger charge is -2.08. The van der Waals surface area contributed by atoms with E-state index in [9.17, 15) is 18.0 Å². The second-order valence-corrected chi connectivity index (χ2v) is 4.05. The van der Waals surface area contributed by atoms with Gasteiger partial charge in [0.15, 0.2) is 0 Å². The minimum atomic E-state index is -4.44. The van der Waals surface area contributed by atoms with E-state index in [2.05, 4.69) is 4.98 Å². The first-order chi connectivity index (χ1) is 9.39. The van der Waals surface area contributed by atoms with Crippen LogP contribution in [0.2, 0.25) is 0 Å². The number of ether oxygens (including phenoxy) is 1. The summed E-state index contributed by atoms with van der Waals surface area (Å²) in [5, 5.41) is 2.51. The molecule has 7 heteroatoms. The summed E-state index contributed by atoms with van der Waals surface area (Å²) in [5.41, 5.74) is 0.442. The van der Waals surface area contributed by atoms with Crippen molar-refractivity contribution in [3.8, 4) is 5.75 Å². The van der Waals surface area contributed by atoms with Gasteiger partial charge in [-0.15, -0.1) is 0 Å². The fourth-order valence-electron chi connectivity index (χ4n) is 1.63. The van der Waals surface area contributed by atoms with Crippen molar-refractivity contribution in [2.24, 2.45) is 0 Å². The second-order valence-electron chi connectivity index (χ2n) is 4.05. The van der Waals surface area contributed by atoms with E-state index >= 15 is 0 Å². The summed E-state index contributed by atoms with van der Waals surface area (Å²) >= 11 is 0. The van der Waals surface area contributed by atoms with E-state index in [1.807, 2.05) is 0 Å². The van der Waals surface area contributed by atoms with Gasteiger partial charge in [-0.25, -0.2) is 4.98 Å². The minimum Gasteiger partial charge on any atom is -0.497 e. The normalized spacial score (nSPS) is 11.4. The topological polar surface area (TPSA) is 51.2 Å². The first-order valence-corrected chi connectivity index (χ1v) is 5.69. The number of carbonyl (C=O) groups excluding carboxylic acids is 1. The van der Waals surface area contributed by atoms with Crippen molar-refractivity contribution < 1.29 is 22.7 Å². The zero-order valence-corrected chi connectivity index (χ0v) is 10.5. The van der Waals surface area contributed by atoms with Crippen molar-refractivity contribution in [1.29, 1.82) is 0 Å². The van der Waals surface area contributed by atoms with Gasteiger partial charge in [-0.05, 0) is 24.3 Å². The Morgan fingerprint density at radius 2 is 2.05 bits per heavy atom. The number of methoxy groups -OCH3 is 1. The van der Waals surface area contributed by atoms with Gasteiger partial charge in [0, 0.05) is 5.39 Å². The third kappa shape index (κ3) is 3.37. The van der Waals surface area contributed by atoms with Crippen LogP contribution >= 0.6 is 0 Å². The van der Waals surface area contributed by atoms with E-state index in [1.54, 1.807) is 29.6 Å². The molecule has 2 rings (SSSR count). The smallest absolute Gasteiger partial charge is 0.405 e. The minimum absolute atomic E-state index is 0.0630. The standard InChI is InChI=1S/C13H11F3N2O2/c1-20-9-3-5-10-8(6-9)2-4-11(18-10)12(19)17-7-13(14,15)16/h2-6H,7H2,1H3,(H,17,19). The Labute approximate surface area is 112 Å². The van der Waals surface area contributed by atoms with Gasteiger partial charge in [0.1, 0.15) is 18.0 Å². The number of benzene rings is 1. The summed E-state index contributed by atoms with van der Waals surface area (Å²) in [4.78, 5) is 15.6. The molecule has 0 spiro atoms. The number of aromatic nitrogens is 1. The molecule has 0 aliphatic rings. The monoisotopic (exact) mass is 284 g/mol. The molecule has 1 heterocycles. The molecule has 1 N–H and O–H groups in total. The molecule has 1 aromatic heterocycles. The first kappa shape index (κ1) is 14.1. The molecule has 0 aliphatic carbocycles. The zero-order valence-electron chi connectivity index (χ0n) is 10.5. The van der Waals surface area contributed by atoms with Crippen LogP contribution in [0, 0.1) is 0 Å². The van der Waals surface area contributed by atoms with Crippen LogP contribution in [-0.2, 0) is 0 Å². The number of nitrogens with one attached hydrogen (secondary N) is 1. The maximum Gasteiger partial charge on any atom is 0.405 e. The summed E-state index contributed by atoms with van der Waals surface area (Å²) in [6.45, 7) is -1.38. The Morgan fingerprint density at radius 1 is 1.30 bits per heavy atom. The molecule has 0 radical (unpaired) electrons. The predicted molar refractivity (Wildman–Crippen MR) is 66.7 cm³/mol. The molecule has 4 nitrogen and oxygen atoms in total. The van der Waals surface area contributed by atoms with Crippen LogP contribution in [0.3, 0.4) is 0 Å². The summed E-state index contributed by atoms with van der Waals surface area (Å²) in [6.07, 6.45) is -4.44. The van der Waals surface area contributed by atoms with Crippen molar-refractivity contribution in [3.05, 3.63) is 36.0 Å². The fourth-order valence-corrected chi connectivity index (χ4v) is 1.63. The van der Waals surface area contributed by atoms with Crippen LogP contribution in [0.25, 0.3) is 10.9 Å². The van der Waals surface area contributed by atoms with Gasteiger partial charge in [0.25, 0.3) is 5.91 Å². The highest BCUT2D eigenvalue weighted by atomic mass is 19.4. The van der Waals surface area contributed by atoms with Crippen LogP contribution in [0.15, 0.2) is 30.3 Å². The van der Waals surface area contributed by atoms with E-state index in [-0.39, 0.29) is 5.69 Å². The van der Waals surface area contributed by atoms with Crippen LogP contribution < -0.4 is 10.1 Å². The molecule has 0 fully saturated rings. The number of alkyl halides is 3. The van der Waals surface area contributed by atoms with E-state index in [0.717, 1.165) is 5.39 Å². The second kappa shape index (κ2) is 5.36. The van der Waals surface area contributed by atoms with E-state index < -0.39 is 18.6 Å². The van der Waals surface area contributed by atoms with Crippen LogP contribution in [-0.4, -0.2) is 30.7 Å². The number of hydrogen-bond acceptors (Lipinski definition) is 3. The Morgan fingerprint density at radius 3 is 2.70 bits per heavy atom. The Bertz CT molecular complexity index is 641. The SMILES string of the molecule is COc1ccc2nc(C(=O)NCC(F)(F)F)ccc2c1. The number of pyridine rings is 1. The van der Waals surface area contributed by atoms with E-state index in [4.69, 9.17) is 4.74 Å². The summed E-state index contributed by atoms with van der Waals surface area (Å²) < 4.78 is 41.1. The maximum absolute atomic E-state index is 12.0. The molecule has 0 bridgehead atoms. The molecule has 0 saturated carbocycles. The molecule has 1 aromatic carbocycles. The average molecular weight is 284 g/mol. The van der Waals surface area contributed by atoms with Crippen molar-refractivity contribution in [2.75, 3.05) is 13.7 Å². The molecule has 1 amide bonds. The molecule has 2 aromatic rings. The van der Waals surface area contributed by atoms with Crippen molar-refractivity contribution in [3.63, 3.8) is 0 Å². The molecule has 0 unspecified atom stereocenters. The average Bonchev–Trinajstić information content (AvgIpc) is 2.42. The van der Waals surface area contributed by atoms with Gasteiger partial charge in [-0.3, -0.25) is 4.79 Å². The van der Waals surface area contributed by atoms with Crippen LogP contribution in [0.4, 0.5) is 13.2 Å². The predicted octanol–water partition coefficient (Wildman–Crippen LogP) is 2.54. The lowest BCUT2D eigenvalue weighted by molar-refractivity contribution is -0.123. The van der Waals surface area contributed by atoms with Gasteiger partial charge in [-0.2, -0.15) is 13.2 Å². The van der Waals surface area contributed by atoms with Gasteiger partial charge < -0.3 is 10.1 Å². The zero-order chi connectivity index (χ0) is 14.8. The Kier molecular flexibility index (Phi) is 3.78. The summed E-state index contributed by atoms with van der Waals surface area (Å²) in [5.74, 6) is -0.228. The number of amides is 1. The fraction of sp³-hybridized carbons (Fsp3) is 0.231.